The van der Waals surface area contributed by atoms with E-state index in [4.69, 9.17) is 4.42 Å². The van der Waals surface area contributed by atoms with Crippen molar-refractivity contribution in [1.29, 1.82) is 0 Å². The SMILES string of the molecule is Cc1cc(C(=O)N(C)C2CCN(CCc3ccccn3)CC2)c(C)o1. The zero-order valence-electron chi connectivity index (χ0n) is 15.4. The summed E-state index contributed by atoms with van der Waals surface area (Å²) in [5.74, 6) is 1.57. The smallest absolute Gasteiger partial charge is 0.257 e. The van der Waals surface area contributed by atoms with E-state index < -0.39 is 0 Å². The van der Waals surface area contributed by atoms with Crippen LogP contribution in [0.1, 0.15) is 40.4 Å². The molecule has 134 valence electrons. The van der Waals surface area contributed by atoms with Crippen molar-refractivity contribution in [3.05, 3.63) is 53.2 Å². The molecule has 0 spiro atoms. The number of carbonyl (C=O) groups is 1. The number of furan rings is 1. The Labute approximate surface area is 149 Å². The second-order valence-corrected chi connectivity index (χ2v) is 6.89. The third-order valence-electron chi connectivity index (χ3n) is 5.11. The van der Waals surface area contributed by atoms with E-state index in [1.165, 1.54) is 0 Å². The molecule has 0 aromatic carbocycles. The molecule has 0 N–H and O–H groups in total. The van der Waals surface area contributed by atoms with Gasteiger partial charge >= 0.3 is 0 Å². The fraction of sp³-hybridized carbons (Fsp3) is 0.500. The van der Waals surface area contributed by atoms with Gasteiger partial charge in [-0.2, -0.15) is 0 Å². The number of hydrogen-bond acceptors (Lipinski definition) is 4. The average Bonchev–Trinajstić information content (AvgIpc) is 2.98. The van der Waals surface area contributed by atoms with Gasteiger partial charge in [-0.3, -0.25) is 9.78 Å². The summed E-state index contributed by atoms with van der Waals surface area (Å²) >= 11 is 0. The van der Waals surface area contributed by atoms with Crippen LogP contribution < -0.4 is 0 Å². The Hall–Kier alpha value is -2.14. The first-order chi connectivity index (χ1) is 12.0. The predicted octanol–water partition coefficient (Wildman–Crippen LogP) is 3.07. The molecule has 0 saturated carbocycles. The van der Waals surface area contributed by atoms with Crippen LogP contribution in [0.25, 0.3) is 0 Å². The maximum Gasteiger partial charge on any atom is 0.257 e. The minimum atomic E-state index is 0.0706. The molecule has 1 saturated heterocycles. The third-order valence-corrected chi connectivity index (χ3v) is 5.11. The highest BCUT2D eigenvalue weighted by molar-refractivity contribution is 5.95. The molecule has 25 heavy (non-hydrogen) atoms. The number of piperidine rings is 1. The Kier molecular flexibility index (Phi) is 5.53. The normalized spacial score (nSPS) is 16.1. The molecule has 1 fully saturated rings. The number of rotatable bonds is 5. The van der Waals surface area contributed by atoms with Crippen LogP contribution in [0.5, 0.6) is 0 Å². The molecule has 0 unspecified atom stereocenters. The fourth-order valence-corrected chi connectivity index (χ4v) is 3.55. The molecule has 5 nitrogen and oxygen atoms in total. The number of aromatic nitrogens is 1. The highest BCUT2D eigenvalue weighted by Crippen LogP contribution is 2.21. The summed E-state index contributed by atoms with van der Waals surface area (Å²) in [6.45, 7) is 6.82. The number of nitrogens with zero attached hydrogens (tertiary/aromatic N) is 3. The topological polar surface area (TPSA) is 49.6 Å². The zero-order chi connectivity index (χ0) is 17.8. The van der Waals surface area contributed by atoms with Crippen LogP contribution >= 0.6 is 0 Å². The predicted molar refractivity (Wildman–Crippen MR) is 97.7 cm³/mol. The summed E-state index contributed by atoms with van der Waals surface area (Å²) in [4.78, 5) is 21.5. The third kappa shape index (κ3) is 4.28. The maximum atomic E-state index is 12.7. The molecule has 1 amide bonds. The van der Waals surface area contributed by atoms with Crippen molar-refractivity contribution >= 4 is 5.91 Å². The van der Waals surface area contributed by atoms with Gasteiger partial charge < -0.3 is 14.2 Å². The van der Waals surface area contributed by atoms with Gasteiger partial charge in [-0.1, -0.05) is 6.07 Å². The van der Waals surface area contributed by atoms with E-state index in [-0.39, 0.29) is 5.91 Å². The van der Waals surface area contributed by atoms with Crippen LogP contribution in [0.15, 0.2) is 34.9 Å². The Bertz CT molecular complexity index is 703. The summed E-state index contributed by atoms with van der Waals surface area (Å²) in [5, 5.41) is 0. The van der Waals surface area contributed by atoms with Crippen LogP contribution in [0.3, 0.4) is 0 Å². The number of pyridine rings is 1. The van der Waals surface area contributed by atoms with E-state index in [1.807, 2.05) is 50.2 Å². The van der Waals surface area contributed by atoms with Gasteiger partial charge in [0.2, 0.25) is 0 Å². The van der Waals surface area contributed by atoms with E-state index >= 15 is 0 Å². The van der Waals surface area contributed by atoms with Gasteiger partial charge in [-0.15, -0.1) is 0 Å². The first-order valence-electron chi connectivity index (χ1n) is 9.01. The standard InChI is InChI=1S/C20H27N3O2/c1-15-14-19(16(2)25-15)20(24)22(3)18-8-12-23(13-9-18)11-7-17-6-4-5-10-21-17/h4-6,10,14,18H,7-9,11-13H2,1-3H3. The summed E-state index contributed by atoms with van der Waals surface area (Å²) in [7, 11) is 1.92. The Morgan fingerprint density at radius 2 is 2.08 bits per heavy atom. The molecule has 3 rings (SSSR count). The van der Waals surface area contributed by atoms with Crippen molar-refractivity contribution in [1.82, 2.24) is 14.8 Å². The number of carbonyl (C=O) groups excluding carboxylic acids is 1. The van der Waals surface area contributed by atoms with Crippen molar-refractivity contribution < 1.29 is 9.21 Å². The molecule has 3 heterocycles. The molecule has 1 aliphatic rings. The first kappa shape index (κ1) is 17.7. The fourth-order valence-electron chi connectivity index (χ4n) is 3.55. The average molecular weight is 341 g/mol. The van der Waals surface area contributed by atoms with Gasteiger partial charge in [0.05, 0.1) is 5.56 Å². The van der Waals surface area contributed by atoms with Gasteiger partial charge in [-0.05, 0) is 44.9 Å². The first-order valence-corrected chi connectivity index (χ1v) is 9.01. The van der Waals surface area contributed by atoms with E-state index in [9.17, 15) is 4.79 Å². The molecule has 2 aromatic rings. The number of amides is 1. The molecule has 0 bridgehead atoms. The molecular weight excluding hydrogens is 314 g/mol. The Morgan fingerprint density at radius 3 is 2.68 bits per heavy atom. The number of hydrogen-bond donors (Lipinski definition) is 0. The molecule has 0 aliphatic carbocycles. The molecule has 1 aliphatic heterocycles. The second-order valence-electron chi connectivity index (χ2n) is 6.89. The van der Waals surface area contributed by atoms with Crippen molar-refractivity contribution in [3.8, 4) is 0 Å². The summed E-state index contributed by atoms with van der Waals surface area (Å²) in [6, 6.07) is 8.21. The quantitative estimate of drug-likeness (QED) is 0.839. The van der Waals surface area contributed by atoms with Crippen molar-refractivity contribution in [3.63, 3.8) is 0 Å². The summed E-state index contributed by atoms with van der Waals surface area (Å²) < 4.78 is 5.50. The van der Waals surface area contributed by atoms with E-state index in [0.717, 1.165) is 50.4 Å². The van der Waals surface area contributed by atoms with Gasteiger partial charge in [-0.25, -0.2) is 0 Å². The lowest BCUT2D eigenvalue weighted by Crippen LogP contribution is -2.46. The van der Waals surface area contributed by atoms with E-state index in [2.05, 4.69) is 16.0 Å². The minimum absolute atomic E-state index is 0.0706. The van der Waals surface area contributed by atoms with Gasteiger partial charge in [0, 0.05) is 51.0 Å². The van der Waals surface area contributed by atoms with E-state index in [0.29, 0.717) is 17.4 Å². The van der Waals surface area contributed by atoms with Crippen LogP contribution in [-0.4, -0.2) is 53.4 Å². The van der Waals surface area contributed by atoms with Crippen LogP contribution in [0.2, 0.25) is 0 Å². The molecular formula is C20H27N3O2. The minimum Gasteiger partial charge on any atom is -0.466 e. The number of likely N-dealkylation sites (tertiary alicyclic amines) is 1. The van der Waals surface area contributed by atoms with Gasteiger partial charge in [0.25, 0.3) is 5.91 Å². The number of aryl methyl sites for hydroxylation is 2. The van der Waals surface area contributed by atoms with Crippen molar-refractivity contribution in [2.24, 2.45) is 0 Å². The largest absolute Gasteiger partial charge is 0.466 e. The zero-order valence-corrected chi connectivity index (χ0v) is 15.4. The molecule has 2 aromatic heterocycles. The van der Waals surface area contributed by atoms with Crippen LogP contribution in [-0.2, 0) is 6.42 Å². The molecule has 5 heteroatoms. The van der Waals surface area contributed by atoms with E-state index in [1.54, 1.807) is 0 Å². The van der Waals surface area contributed by atoms with Gasteiger partial charge in [0.1, 0.15) is 11.5 Å². The van der Waals surface area contributed by atoms with Gasteiger partial charge in [0.15, 0.2) is 0 Å². The lowest BCUT2D eigenvalue weighted by atomic mass is 10.0. The molecule has 0 atom stereocenters. The lowest BCUT2D eigenvalue weighted by molar-refractivity contribution is 0.0641. The Balaban J connectivity index is 1.50. The highest BCUT2D eigenvalue weighted by Gasteiger charge is 2.27. The maximum absolute atomic E-state index is 12.7. The lowest BCUT2D eigenvalue weighted by Gasteiger charge is -2.36. The molecule has 0 radical (unpaired) electrons. The second kappa shape index (κ2) is 7.83. The summed E-state index contributed by atoms with van der Waals surface area (Å²) in [5.41, 5.74) is 1.83. The monoisotopic (exact) mass is 341 g/mol. The van der Waals surface area contributed by atoms with Crippen LogP contribution in [0, 0.1) is 13.8 Å². The van der Waals surface area contributed by atoms with Crippen molar-refractivity contribution in [2.45, 2.75) is 39.2 Å². The highest BCUT2D eigenvalue weighted by atomic mass is 16.3. The van der Waals surface area contributed by atoms with Crippen LogP contribution in [0.4, 0.5) is 0 Å². The summed E-state index contributed by atoms with van der Waals surface area (Å²) in [6.07, 6.45) is 4.86. The Morgan fingerprint density at radius 1 is 1.32 bits per heavy atom. The van der Waals surface area contributed by atoms with Crippen molar-refractivity contribution in [2.75, 3.05) is 26.7 Å².